The molecule has 1 atom stereocenters. The largest absolute Gasteiger partial charge is 0.310 e. The summed E-state index contributed by atoms with van der Waals surface area (Å²) in [6, 6.07) is 14.8. The Morgan fingerprint density at radius 1 is 0.952 bits per heavy atom. The zero-order chi connectivity index (χ0) is 15.2. The van der Waals surface area contributed by atoms with Gasteiger partial charge in [-0.15, -0.1) is 0 Å². The Bertz CT molecular complexity index is 578. The van der Waals surface area contributed by atoms with E-state index < -0.39 is 0 Å². The van der Waals surface area contributed by atoms with Crippen molar-refractivity contribution < 1.29 is 0 Å². The topological polar surface area (TPSA) is 12.0 Å². The van der Waals surface area contributed by atoms with Gasteiger partial charge in [0.25, 0.3) is 0 Å². The maximum atomic E-state index is 6.37. The lowest BCUT2D eigenvalue weighted by atomic mass is 9.97. The standard InChI is InChI=1S/C18H21Cl2N/c1-3-13-8-10-14(11-9-13)12-17(21-4-2)15-6-5-7-16(19)18(15)20/h5-11,17,21H,3-4,12H2,1-2H3. The Hall–Kier alpha value is -1.02. The average molecular weight is 322 g/mol. The molecule has 3 heteroatoms. The third kappa shape index (κ3) is 4.23. The Kier molecular flexibility index (Phi) is 6.10. The van der Waals surface area contributed by atoms with Crippen molar-refractivity contribution in [3.63, 3.8) is 0 Å². The molecule has 0 aliphatic heterocycles. The van der Waals surface area contributed by atoms with Crippen molar-refractivity contribution in [2.24, 2.45) is 0 Å². The molecule has 0 saturated carbocycles. The normalized spacial score (nSPS) is 12.4. The summed E-state index contributed by atoms with van der Waals surface area (Å²) < 4.78 is 0. The van der Waals surface area contributed by atoms with Crippen LogP contribution in [0.1, 0.15) is 36.6 Å². The Labute approximate surface area is 137 Å². The molecular weight excluding hydrogens is 301 g/mol. The molecule has 0 aliphatic rings. The Balaban J connectivity index is 2.24. The van der Waals surface area contributed by atoms with E-state index in [1.807, 2.05) is 18.2 Å². The quantitative estimate of drug-likeness (QED) is 0.746. The molecule has 0 saturated heterocycles. The maximum Gasteiger partial charge on any atom is 0.0640 e. The summed E-state index contributed by atoms with van der Waals surface area (Å²) in [6.07, 6.45) is 1.97. The first-order valence-electron chi connectivity index (χ1n) is 7.40. The van der Waals surface area contributed by atoms with Gasteiger partial charge in [-0.05, 0) is 42.1 Å². The van der Waals surface area contributed by atoms with E-state index in [0.29, 0.717) is 10.0 Å². The second-order valence-corrected chi connectivity index (χ2v) is 5.91. The number of likely N-dealkylation sites (N-methyl/N-ethyl adjacent to an activating group) is 1. The van der Waals surface area contributed by atoms with Gasteiger partial charge in [-0.1, -0.05) is 73.4 Å². The van der Waals surface area contributed by atoms with Crippen LogP contribution in [0.2, 0.25) is 10.0 Å². The summed E-state index contributed by atoms with van der Waals surface area (Å²) in [5.74, 6) is 0. The summed E-state index contributed by atoms with van der Waals surface area (Å²) in [7, 11) is 0. The molecule has 112 valence electrons. The third-order valence-corrected chi connectivity index (χ3v) is 4.51. The Morgan fingerprint density at radius 2 is 1.62 bits per heavy atom. The highest BCUT2D eigenvalue weighted by atomic mass is 35.5. The first-order valence-corrected chi connectivity index (χ1v) is 8.16. The molecule has 0 heterocycles. The van der Waals surface area contributed by atoms with E-state index in [-0.39, 0.29) is 6.04 Å². The van der Waals surface area contributed by atoms with Crippen molar-refractivity contribution in [2.75, 3.05) is 6.54 Å². The van der Waals surface area contributed by atoms with E-state index in [1.54, 1.807) is 0 Å². The second-order valence-electron chi connectivity index (χ2n) is 5.13. The predicted molar refractivity (Wildman–Crippen MR) is 92.4 cm³/mol. The first kappa shape index (κ1) is 16.4. The minimum atomic E-state index is 0.175. The molecule has 0 aromatic heterocycles. The van der Waals surface area contributed by atoms with Crippen LogP contribution in [0, 0.1) is 0 Å². The van der Waals surface area contributed by atoms with Gasteiger partial charge in [-0.25, -0.2) is 0 Å². The van der Waals surface area contributed by atoms with Gasteiger partial charge in [0.15, 0.2) is 0 Å². The summed E-state index contributed by atoms with van der Waals surface area (Å²) in [6.45, 7) is 5.16. The fourth-order valence-corrected chi connectivity index (χ4v) is 2.91. The van der Waals surface area contributed by atoms with Crippen LogP contribution < -0.4 is 5.32 Å². The molecule has 0 fully saturated rings. The SMILES string of the molecule is CCNC(Cc1ccc(CC)cc1)c1cccc(Cl)c1Cl. The number of aryl methyl sites for hydroxylation is 1. The summed E-state index contributed by atoms with van der Waals surface area (Å²) in [5.41, 5.74) is 3.72. The van der Waals surface area contributed by atoms with Crippen molar-refractivity contribution in [1.29, 1.82) is 0 Å². The fraction of sp³-hybridized carbons (Fsp3) is 0.333. The van der Waals surface area contributed by atoms with Crippen LogP contribution >= 0.6 is 23.2 Å². The molecule has 0 bridgehead atoms. The van der Waals surface area contributed by atoms with Crippen LogP contribution in [-0.2, 0) is 12.8 Å². The van der Waals surface area contributed by atoms with Gasteiger partial charge in [0, 0.05) is 6.04 Å². The number of hydrogen-bond donors (Lipinski definition) is 1. The van der Waals surface area contributed by atoms with Crippen LogP contribution in [-0.4, -0.2) is 6.54 Å². The van der Waals surface area contributed by atoms with Crippen molar-refractivity contribution in [3.8, 4) is 0 Å². The summed E-state index contributed by atoms with van der Waals surface area (Å²) >= 11 is 12.5. The number of rotatable bonds is 6. The third-order valence-electron chi connectivity index (χ3n) is 3.68. The molecule has 2 aromatic rings. The van der Waals surface area contributed by atoms with Crippen LogP contribution in [0.4, 0.5) is 0 Å². The molecule has 1 N–H and O–H groups in total. The van der Waals surface area contributed by atoms with Gasteiger partial charge in [-0.2, -0.15) is 0 Å². The molecule has 2 rings (SSSR count). The van der Waals surface area contributed by atoms with Crippen LogP contribution in [0.3, 0.4) is 0 Å². The van der Waals surface area contributed by atoms with Gasteiger partial charge in [0.1, 0.15) is 0 Å². The number of nitrogens with one attached hydrogen (secondary N) is 1. The number of halogens is 2. The van der Waals surface area contributed by atoms with Crippen molar-refractivity contribution >= 4 is 23.2 Å². The van der Waals surface area contributed by atoms with Crippen LogP contribution in [0.5, 0.6) is 0 Å². The highest BCUT2D eigenvalue weighted by molar-refractivity contribution is 6.42. The Morgan fingerprint density at radius 3 is 2.24 bits per heavy atom. The molecule has 1 unspecified atom stereocenters. The smallest absolute Gasteiger partial charge is 0.0640 e. The van der Waals surface area contributed by atoms with E-state index in [9.17, 15) is 0 Å². The molecule has 0 aliphatic carbocycles. The molecule has 2 aromatic carbocycles. The molecule has 0 radical (unpaired) electrons. The second kappa shape index (κ2) is 7.84. The highest BCUT2D eigenvalue weighted by Crippen LogP contribution is 2.31. The highest BCUT2D eigenvalue weighted by Gasteiger charge is 2.16. The molecule has 21 heavy (non-hydrogen) atoms. The van der Waals surface area contributed by atoms with Crippen molar-refractivity contribution in [1.82, 2.24) is 5.32 Å². The van der Waals surface area contributed by atoms with E-state index in [1.165, 1.54) is 11.1 Å². The van der Waals surface area contributed by atoms with E-state index in [2.05, 4.69) is 43.4 Å². The van der Waals surface area contributed by atoms with Gasteiger partial charge >= 0.3 is 0 Å². The minimum Gasteiger partial charge on any atom is -0.310 e. The van der Waals surface area contributed by atoms with Crippen LogP contribution in [0.25, 0.3) is 0 Å². The van der Waals surface area contributed by atoms with Gasteiger partial charge in [0.2, 0.25) is 0 Å². The van der Waals surface area contributed by atoms with Crippen molar-refractivity contribution in [3.05, 3.63) is 69.2 Å². The number of benzene rings is 2. The van der Waals surface area contributed by atoms with Crippen LogP contribution in [0.15, 0.2) is 42.5 Å². The fourth-order valence-electron chi connectivity index (χ4n) is 2.47. The van der Waals surface area contributed by atoms with Gasteiger partial charge in [-0.3, -0.25) is 0 Å². The average Bonchev–Trinajstić information content (AvgIpc) is 2.50. The molecule has 0 spiro atoms. The van der Waals surface area contributed by atoms with Crippen molar-refractivity contribution in [2.45, 2.75) is 32.7 Å². The van der Waals surface area contributed by atoms with Gasteiger partial charge in [0.05, 0.1) is 10.0 Å². The lowest BCUT2D eigenvalue weighted by Crippen LogP contribution is -2.23. The molecule has 1 nitrogen and oxygen atoms in total. The molecular formula is C18H21Cl2N. The summed E-state index contributed by atoms with van der Waals surface area (Å²) in [5, 5.41) is 4.76. The minimum absolute atomic E-state index is 0.175. The van der Waals surface area contributed by atoms with Gasteiger partial charge < -0.3 is 5.32 Å². The zero-order valence-electron chi connectivity index (χ0n) is 12.5. The zero-order valence-corrected chi connectivity index (χ0v) is 14.0. The summed E-state index contributed by atoms with van der Waals surface area (Å²) in [4.78, 5) is 0. The molecule has 0 amide bonds. The van der Waals surface area contributed by atoms with E-state index >= 15 is 0 Å². The van der Waals surface area contributed by atoms with E-state index in [0.717, 1.165) is 24.9 Å². The van der Waals surface area contributed by atoms with E-state index in [4.69, 9.17) is 23.2 Å². The monoisotopic (exact) mass is 321 g/mol. The maximum absolute atomic E-state index is 6.37. The lowest BCUT2D eigenvalue weighted by Gasteiger charge is -2.20. The lowest BCUT2D eigenvalue weighted by molar-refractivity contribution is 0.550. The number of hydrogen-bond acceptors (Lipinski definition) is 1. The predicted octanol–water partition coefficient (Wildman–Crippen LogP) is 5.45. The first-order chi connectivity index (χ1) is 10.2.